The monoisotopic (exact) mass is 391 g/mol. The maximum absolute atomic E-state index is 12.7. The number of carbonyl (C=O) groups is 1. The summed E-state index contributed by atoms with van der Waals surface area (Å²) in [5.74, 6) is -0.119. The summed E-state index contributed by atoms with van der Waals surface area (Å²) in [6.07, 6.45) is 2.40. The lowest BCUT2D eigenvalue weighted by Gasteiger charge is -2.16. The number of nitrogens with one attached hydrogen (secondary N) is 1. The molecule has 0 fully saturated rings. The molecule has 1 N–H and O–H groups in total. The lowest BCUT2D eigenvalue weighted by Crippen LogP contribution is -2.41. The molecule has 0 aliphatic heterocycles. The van der Waals surface area contributed by atoms with Crippen LogP contribution in [0.2, 0.25) is 0 Å². The maximum Gasteiger partial charge on any atom is 0.331 e. The Bertz CT molecular complexity index is 1100. The van der Waals surface area contributed by atoms with E-state index in [9.17, 15) is 14.4 Å². The summed E-state index contributed by atoms with van der Waals surface area (Å²) in [4.78, 5) is 37.6. The van der Waals surface area contributed by atoms with E-state index in [4.69, 9.17) is 0 Å². The van der Waals surface area contributed by atoms with Gasteiger partial charge in [0.1, 0.15) is 6.54 Å². The molecule has 3 aromatic rings. The van der Waals surface area contributed by atoms with Crippen molar-refractivity contribution in [2.24, 2.45) is 0 Å². The van der Waals surface area contributed by atoms with Crippen LogP contribution in [0.15, 0.2) is 76.4 Å². The third-order valence-corrected chi connectivity index (χ3v) is 5.02. The topological polar surface area (TPSA) is 73.1 Å². The second-order valence-electron chi connectivity index (χ2n) is 7.08. The third kappa shape index (κ3) is 4.90. The zero-order chi connectivity index (χ0) is 20.8. The smallest absolute Gasteiger partial charge is 0.324 e. The van der Waals surface area contributed by atoms with Gasteiger partial charge in [0.05, 0.1) is 6.54 Å². The molecular weight excluding hydrogens is 366 g/mol. The van der Waals surface area contributed by atoms with Crippen molar-refractivity contribution in [3.8, 4) is 0 Å². The largest absolute Gasteiger partial charge is 0.331 e. The fraction of sp³-hybridized carbons (Fsp3) is 0.261. The van der Waals surface area contributed by atoms with E-state index in [1.54, 1.807) is 0 Å². The molecule has 29 heavy (non-hydrogen) atoms. The molecule has 0 saturated carbocycles. The van der Waals surface area contributed by atoms with Crippen molar-refractivity contribution < 1.29 is 4.79 Å². The van der Waals surface area contributed by atoms with Gasteiger partial charge in [-0.15, -0.1) is 0 Å². The highest BCUT2D eigenvalue weighted by Crippen LogP contribution is 2.26. The molecule has 0 spiro atoms. The number of nitrogens with zero attached hydrogens (tertiary/aromatic N) is 2. The van der Waals surface area contributed by atoms with Crippen molar-refractivity contribution in [1.29, 1.82) is 0 Å². The quantitative estimate of drug-likeness (QED) is 0.672. The van der Waals surface area contributed by atoms with E-state index in [1.165, 1.54) is 16.8 Å². The summed E-state index contributed by atoms with van der Waals surface area (Å²) in [6.45, 7) is 4.18. The molecule has 1 atom stereocenters. The Balaban J connectivity index is 1.82. The van der Waals surface area contributed by atoms with Crippen LogP contribution in [0.3, 0.4) is 0 Å². The SMILES string of the molecule is CC[C@@H](C)c1ccccc1NC(=O)Cn1c(=O)ccn(Cc2ccccc2)c1=O. The van der Waals surface area contributed by atoms with Gasteiger partial charge in [0.15, 0.2) is 0 Å². The average Bonchev–Trinajstić information content (AvgIpc) is 2.74. The summed E-state index contributed by atoms with van der Waals surface area (Å²) >= 11 is 0. The van der Waals surface area contributed by atoms with Gasteiger partial charge < -0.3 is 5.32 Å². The van der Waals surface area contributed by atoms with Crippen molar-refractivity contribution in [3.63, 3.8) is 0 Å². The van der Waals surface area contributed by atoms with Crippen LogP contribution < -0.4 is 16.6 Å². The van der Waals surface area contributed by atoms with Crippen LogP contribution >= 0.6 is 0 Å². The van der Waals surface area contributed by atoms with Gasteiger partial charge in [-0.2, -0.15) is 0 Å². The van der Waals surface area contributed by atoms with Crippen molar-refractivity contribution in [1.82, 2.24) is 9.13 Å². The van der Waals surface area contributed by atoms with E-state index >= 15 is 0 Å². The molecule has 150 valence electrons. The first-order chi connectivity index (χ1) is 14.0. The molecule has 6 nitrogen and oxygen atoms in total. The molecule has 2 aromatic carbocycles. The number of aromatic nitrogens is 2. The Hall–Kier alpha value is -3.41. The van der Waals surface area contributed by atoms with Gasteiger partial charge in [-0.05, 0) is 29.5 Å². The lowest BCUT2D eigenvalue weighted by atomic mass is 9.97. The van der Waals surface area contributed by atoms with Crippen LogP contribution in [0.1, 0.15) is 37.3 Å². The summed E-state index contributed by atoms with van der Waals surface area (Å²) in [6, 6.07) is 18.4. The van der Waals surface area contributed by atoms with E-state index in [-0.39, 0.29) is 12.5 Å². The van der Waals surface area contributed by atoms with Crippen LogP contribution in [0.4, 0.5) is 5.69 Å². The van der Waals surface area contributed by atoms with Gasteiger partial charge >= 0.3 is 5.69 Å². The van der Waals surface area contributed by atoms with Crippen molar-refractivity contribution >= 4 is 11.6 Å². The van der Waals surface area contributed by atoms with E-state index in [0.29, 0.717) is 12.2 Å². The Kier molecular flexibility index (Phi) is 6.44. The number of rotatable bonds is 7. The standard InChI is InChI=1S/C23H25N3O3/c1-3-17(2)19-11-7-8-12-20(19)24-21(27)16-26-22(28)13-14-25(23(26)29)15-18-9-5-4-6-10-18/h4-14,17H,3,15-16H2,1-2H3,(H,24,27)/t17-/m1/s1. The number of anilines is 1. The van der Waals surface area contributed by atoms with Crippen LogP contribution in [-0.2, 0) is 17.9 Å². The first-order valence-corrected chi connectivity index (χ1v) is 9.72. The van der Waals surface area contributed by atoms with E-state index in [1.807, 2.05) is 54.6 Å². The highest BCUT2D eigenvalue weighted by molar-refractivity contribution is 5.91. The van der Waals surface area contributed by atoms with Gasteiger partial charge in [0.2, 0.25) is 5.91 Å². The van der Waals surface area contributed by atoms with Gasteiger partial charge in [-0.3, -0.25) is 18.7 Å². The average molecular weight is 391 g/mol. The second kappa shape index (κ2) is 9.19. The molecule has 0 aliphatic carbocycles. The molecular formula is C23H25N3O3. The molecule has 0 radical (unpaired) electrons. The Morgan fingerprint density at radius 3 is 2.41 bits per heavy atom. The Morgan fingerprint density at radius 2 is 1.69 bits per heavy atom. The number of hydrogen-bond donors (Lipinski definition) is 1. The van der Waals surface area contributed by atoms with Crippen LogP contribution in [-0.4, -0.2) is 15.0 Å². The lowest BCUT2D eigenvalue weighted by molar-refractivity contribution is -0.116. The van der Waals surface area contributed by atoms with Crippen LogP contribution in [0.25, 0.3) is 0 Å². The minimum Gasteiger partial charge on any atom is -0.324 e. The predicted molar refractivity (Wildman–Crippen MR) is 114 cm³/mol. The molecule has 0 unspecified atom stereocenters. The highest BCUT2D eigenvalue weighted by Gasteiger charge is 2.14. The van der Waals surface area contributed by atoms with Crippen LogP contribution in [0.5, 0.6) is 0 Å². The minimum atomic E-state index is -0.508. The molecule has 1 amide bonds. The summed E-state index contributed by atoms with van der Waals surface area (Å²) < 4.78 is 2.39. The molecule has 0 saturated heterocycles. The second-order valence-corrected chi connectivity index (χ2v) is 7.08. The fourth-order valence-corrected chi connectivity index (χ4v) is 3.20. The van der Waals surface area contributed by atoms with Gasteiger partial charge in [-0.25, -0.2) is 4.79 Å². The number of benzene rings is 2. The fourth-order valence-electron chi connectivity index (χ4n) is 3.20. The van der Waals surface area contributed by atoms with E-state index in [0.717, 1.165) is 22.1 Å². The van der Waals surface area contributed by atoms with Crippen LogP contribution in [0, 0.1) is 0 Å². The van der Waals surface area contributed by atoms with E-state index < -0.39 is 17.2 Å². The van der Waals surface area contributed by atoms with Crippen molar-refractivity contribution in [2.75, 3.05) is 5.32 Å². The molecule has 1 aromatic heterocycles. The highest BCUT2D eigenvalue weighted by atomic mass is 16.2. The summed E-state index contributed by atoms with van der Waals surface area (Å²) in [5, 5.41) is 2.85. The molecule has 3 rings (SSSR count). The molecule has 6 heteroatoms. The summed E-state index contributed by atoms with van der Waals surface area (Å²) in [5.41, 5.74) is 1.67. The van der Waals surface area contributed by atoms with Gasteiger partial charge in [-0.1, -0.05) is 62.4 Å². The normalized spacial score (nSPS) is 11.8. The molecule has 0 aliphatic rings. The van der Waals surface area contributed by atoms with Crippen molar-refractivity contribution in [3.05, 3.63) is 98.8 Å². The summed E-state index contributed by atoms with van der Waals surface area (Å²) in [7, 11) is 0. The maximum atomic E-state index is 12.7. The third-order valence-electron chi connectivity index (χ3n) is 5.02. The number of hydrogen-bond acceptors (Lipinski definition) is 3. The molecule has 1 heterocycles. The zero-order valence-corrected chi connectivity index (χ0v) is 16.7. The first kappa shape index (κ1) is 20.3. The Morgan fingerprint density at radius 1 is 1.00 bits per heavy atom. The minimum absolute atomic E-state index is 0.286. The number of carbonyl (C=O) groups excluding carboxylic acids is 1. The first-order valence-electron chi connectivity index (χ1n) is 9.72. The molecule has 0 bridgehead atoms. The number of para-hydroxylation sites is 1. The van der Waals surface area contributed by atoms with Crippen molar-refractivity contribution in [2.45, 2.75) is 39.3 Å². The van der Waals surface area contributed by atoms with Gasteiger partial charge in [0.25, 0.3) is 5.56 Å². The predicted octanol–water partition coefficient (Wildman–Crippen LogP) is 3.21. The Labute approximate surface area is 169 Å². The van der Waals surface area contributed by atoms with Gasteiger partial charge in [0, 0.05) is 18.0 Å². The van der Waals surface area contributed by atoms with E-state index in [2.05, 4.69) is 19.2 Å². The zero-order valence-electron chi connectivity index (χ0n) is 16.7. The number of amides is 1.